The van der Waals surface area contributed by atoms with Gasteiger partial charge in [-0.15, -0.1) is 0 Å². The lowest BCUT2D eigenvalue weighted by Crippen LogP contribution is -1.99. The Hall–Kier alpha value is -2.32. The summed E-state index contributed by atoms with van der Waals surface area (Å²) in [5.74, 6) is 1.07. The van der Waals surface area contributed by atoms with Gasteiger partial charge in [-0.05, 0) is 35.7 Å². The summed E-state index contributed by atoms with van der Waals surface area (Å²) in [6, 6.07) is 20.6. The first-order valence-electron chi connectivity index (χ1n) is 7.43. The molecule has 2 nitrogen and oxygen atoms in total. The minimum atomic E-state index is 0.787. The summed E-state index contributed by atoms with van der Waals surface area (Å²) in [5.41, 5.74) is 3.30. The third kappa shape index (κ3) is 1.99. The quantitative estimate of drug-likeness (QED) is 0.485. The van der Waals surface area contributed by atoms with Gasteiger partial charge >= 0.3 is 0 Å². The summed E-state index contributed by atoms with van der Waals surface area (Å²) < 4.78 is 2.23. The van der Waals surface area contributed by atoms with Crippen molar-refractivity contribution in [1.29, 1.82) is 0 Å². The molecule has 0 fully saturated rings. The van der Waals surface area contributed by atoms with Crippen LogP contribution in [0.5, 0.6) is 0 Å². The SMILES string of the molecule is CCc1nc2ccccc2n1-c1ccc2c(Cl)cccc2c1. The fraction of sp³-hybridized carbons (Fsp3) is 0.105. The highest BCUT2D eigenvalue weighted by atomic mass is 35.5. The highest BCUT2D eigenvalue weighted by Crippen LogP contribution is 2.28. The molecule has 3 heteroatoms. The van der Waals surface area contributed by atoms with Crippen molar-refractivity contribution in [2.75, 3.05) is 0 Å². The van der Waals surface area contributed by atoms with Crippen LogP contribution in [-0.2, 0) is 6.42 Å². The van der Waals surface area contributed by atoms with Crippen molar-refractivity contribution < 1.29 is 0 Å². The zero-order valence-corrected chi connectivity index (χ0v) is 13.0. The number of benzene rings is 3. The van der Waals surface area contributed by atoms with Crippen LogP contribution in [0.1, 0.15) is 12.7 Å². The molecule has 0 saturated heterocycles. The maximum absolute atomic E-state index is 6.27. The predicted octanol–water partition coefficient (Wildman–Crippen LogP) is 5.39. The van der Waals surface area contributed by atoms with Crippen molar-refractivity contribution in [3.05, 3.63) is 71.5 Å². The standard InChI is InChI=1S/C19H15ClN2/c1-2-19-21-17-8-3-4-9-18(17)22(19)14-10-11-15-13(12-14)6-5-7-16(15)20/h3-12H,2H2,1H3. The summed E-state index contributed by atoms with van der Waals surface area (Å²) in [5, 5.41) is 3.01. The Morgan fingerprint density at radius 3 is 2.73 bits per heavy atom. The van der Waals surface area contributed by atoms with Gasteiger partial charge in [0.2, 0.25) is 0 Å². The van der Waals surface area contributed by atoms with Gasteiger partial charge in [-0.1, -0.05) is 48.9 Å². The normalized spacial score (nSPS) is 11.4. The van der Waals surface area contributed by atoms with E-state index in [0.717, 1.165) is 44.8 Å². The van der Waals surface area contributed by atoms with E-state index in [1.807, 2.05) is 18.2 Å². The van der Waals surface area contributed by atoms with E-state index in [2.05, 4.69) is 54.0 Å². The monoisotopic (exact) mass is 306 g/mol. The second kappa shape index (κ2) is 5.15. The van der Waals surface area contributed by atoms with Crippen molar-refractivity contribution in [1.82, 2.24) is 9.55 Å². The molecule has 0 atom stereocenters. The molecule has 1 aromatic heterocycles. The maximum atomic E-state index is 6.27. The Kier molecular flexibility index (Phi) is 3.12. The largest absolute Gasteiger partial charge is 0.296 e. The van der Waals surface area contributed by atoms with E-state index in [4.69, 9.17) is 16.6 Å². The number of fused-ring (bicyclic) bond motifs is 2. The molecule has 0 radical (unpaired) electrons. The van der Waals surface area contributed by atoms with Crippen molar-refractivity contribution in [2.45, 2.75) is 13.3 Å². The van der Waals surface area contributed by atoms with Crippen molar-refractivity contribution >= 4 is 33.4 Å². The summed E-state index contributed by atoms with van der Waals surface area (Å²) in [4.78, 5) is 4.74. The summed E-state index contributed by atoms with van der Waals surface area (Å²) in [7, 11) is 0. The fourth-order valence-electron chi connectivity index (χ4n) is 2.97. The minimum absolute atomic E-state index is 0.787. The number of imidazole rings is 1. The van der Waals surface area contributed by atoms with Crippen LogP contribution < -0.4 is 0 Å². The molecular weight excluding hydrogens is 292 g/mol. The number of nitrogens with zero attached hydrogens (tertiary/aromatic N) is 2. The molecule has 0 aliphatic rings. The second-order valence-electron chi connectivity index (χ2n) is 5.35. The zero-order chi connectivity index (χ0) is 15.1. The average molecular weight is 307 g/mol. The van der Waals surface area contributed by atoms with Crippen LogP contribution in [0, 0.1) is 0 Å². The van der Waals surface area contributed by atoms with Gasteiger partial charge in [0.1, 0.15) is 5.82 Å². The highest BCUT2D eigenvalue weighted by Gasteiger charge is 2.11. The van der Waals surface area contributed by atoms with Gasteiger partial charge in [0.15, 0.2) is 0 Å². The van der Waals surface area contributed by atoms with Gasteiger partial charge in [0.05, 0.1) is 11.0 Å². The van der Waals surface area contributed by atoms with Crippen LogP contribution in [0.15, 0.2) is 60.7 Å². The molecule has 0 unspecified atom stereocenters. The van der Waals surface area contributed by atoms with Crippen molar-refractivity contribution in [3.8, 4) is 5.69 Å². The molecule has 0 aliphatic heterocycles. The number of aromatic nitrogens is 2. The van der Waals surface area contributed by atoms with Crippen LogP contribution >= 0.6 is 11.6 Å². The number of rotatable bonds is 2. The van der Waals surface area contributed by atoms with Gasteiger partial charge in [0, 0.05) is 22.5 Å². The van der Waals surface area contributed by atoms with Crippen LogP contribution in [0.2, 0.25) is 5.02 Å². The van der Waals surface area contributed by atoms with Crippen molar-refractivity contribution in [2.24, 2.45) is 0 Å². The summed E-state index contributed by atoms with van der Waals surface area (Å²) >= 11 is 6.27. The van der Waals surface area contributed by atoms with E-state index in [-0.39, 0.29) is 0 Å². The third-order valence-corrected chi connectivity index (χ3v) is 4.35. The van der Waals surface area contributed by atoms with Gasteiger partial charge in [0.25, 0.3) is 0 Å². The first-order chi connectivity index (χ1) is 10.8. The third-order valence-electron chi connectivity index (χ3n) is 4.02. The molecule has 0 saturated carbocycles. The van der Waals surface area contributed by atoms with E-state index < -0.39 is 0 Å². The molecule has 0 aliphatic carbocycles. The van der Waals surface area contributed by atoms with Gasteiger partial charge in [-0.25, -0.2) is 4.98 Å². The number of hydrogen-bond acceptors (Lipinski definition) is 1. The molecule has 1 heterocycles. The molecule has 0 bridgehead atoms. The van der Waals surface area contributed by atoms with Gasteiger partial charge in [-0.2, -0.15) is 0 Å². The Morgan fingerprint density at radius 2 is 1.86 bits per heavy atom. The smallest absolute Gasteiger partial charge is 0.114 e. The number of para-hydroxylation sites is 2. The number of aryl methyl sites for hydroxylation is 1. The predicted molar refractivity (Wildman–Crippen MR) is 93.0 cm³/mol. The van der Waals surface area contributed by atoms with Crippen molar-refractivity contribution in [3.63, 3.8) is 0 Å². The van der Waals surface area contributed by atoms with E-state index >= 15 is 0 Å². The van der Waals surface area contributed by atoms with E-state index in [0.29, 0.717) is 0 Å². The molecule has 3 aromatic carbocycles. The van der Waals surface area contributed by atoms with Gasteiger partial charge < -0.3 is 0 Å². The Labute approximate surface area is 134 Å². The lowest BCUT2D eigenvalue weighted by Gasteiger charge is -2.10. The molecular formula is C19H15ClN2. The van der Waals surface area contributed by atoms with Crippen LogP contribution in [-0.4, -0.2) is 9.55 Å². The summed E-state index contributed by atoms with van der Waals surface area (Å²) in [6.45, 7) is 2.13. The average Bonchev–Trinajstić information content (AvgIpc) is 2.93. The Morgan fingerprint density at radius 1 is 1.00 bits per heavy atom. The Balaban J connectivity index is 2.02. The highest BCUT2D eigenvalue weighted by molar-refractivity contribution is 6.35. The lowest BCUT2D eigenvalue weighted by molar-refractivity contribution is 0.909. The molecule has 108 valence electrons. The molecule has 4 aromatic rings. The lowest BCUT2D eigenvalue weighted by atomic mass is 10.1. The van der Waals surface area contributed by atoms with Crippen LogP contribution in [0.4, 0.5) is 0 Å². The molecule has 0 amide bonds. The second-order valence-corrected chi connectivity index (χ2v) is 5.76. The van der Waals surface area contributed by atoms with E-state index in [1.165, 1.54) is 0 Å². The first kappa shape index (κ1) is 13.4. The maximum Gasteiger partial charge on any atom is 0.114 e. The van der Waals surface area contributed by atoms with E-state index in [1.54, 1.807) is 0 Å². The van der Waals surface area contributed by atoms with E-state index in [9.17, 15) is 0 Å². The molecule has 4 rings (SSSR count). The number of hydrogen-bond donors (Lipinski definition) is 0. The van der Waals surface area contributed by atoms with Crippen LogP contribution in [0.25, 0.3) is 27.5 Å². The first-order valence-corrected chi connectivity index (χ1v) is 7.81. The number of halogens is 1. The fourth-order valence-corrected chi connectivity index (χ4v) is 3.22. The molecule has 0 spiro atoms. The minimum Gasteiger partial charge on any atom is -0.296 e. The molecule has 22 heavy (non-hydrogen) atoms. The zero-order valence-electron chi connectivity index (χ0n) is 12.3. The van der Waals surface area contributed by atoms with Crippen LogP contribution in [0.3, 0.4) is 0 Å². The van der Waals surface area contributed by atoms with Gasteiger partial charge in [-0.3, -0.25) is 4.57 Å². The molecule has 0 N–H and O–H groups in total. The topological polar surface area (TPSA) is 17.8 Å². The Bertz CT molecular complexity index is 985. The summed E-state index contributed by atoms with van der Waals surface area (Å²) in [6.07, 6.45) is 0.891.